The summed E-state index contributed by atoms with van der Waals surface area (Å²) in [5.41, 5.74) is 2.34. The third-order valence-corrected chi connectivity index (χ3v) is 3.76. The van der Waals surface area contributed by atoms with Gasteiger partial charge in [0.05, 0.1) is 0 Å². The molecule has 5 heteroatoms. The van der Waals surface area contributed by atoms with Crippen LogP contribution in [0.2, 0.25) is 0 Å². The van der Waals surface area contributed by atoms with E-state index in [4.69, 9.17) is 4.52 Å². The summed E-state index contributed by atoms with van der Waals surface area (Å²) in [7, 11) is 3.52. The smallest absolute Gasteiger partial charge is 0.226 e. The maximum absolute atomic E-state index is 11.5. The van der Waals surface area contributed by atoms with Gasteiger partial charge in [0.25, 0.3) is 0 Å². The summed E-state index contributed by atoms with van der Waals surface area (Å²) in [5, 5.41) is 4.03. The van der Waals surface area contributed by atoms with Gasteiger partial charge >= 0.3 is 0 Å². The van der Waals surface area contributed by atoms with Crippen LogP contribution in [0.5, 0.6) is 0 Å². The number of rotatable bonds is 5. The van der Waals surface area contributed by atoms with Crippen molar-refractivity contribution < 1.29 is 9.32 Å². The molecular formula is C18H25N3O2. The van der Waals surface area contributed by atoms with Crippen molar-refractivity contribution in [2.45, 2.75) is 45.4 Å². The van der Waals surface area contributed by atoms with E-state index in [1.807, 2.05) is 12.1 Å². The first kappa shape index (κ1) is 17.2. The number of carbonyl (C=O) groups excluding carboxylic acids is 1. The molecule has 1 amide bonds. The van der Waals surface area contributed by atoms with Crippen molar-refractivity contribution >= 4 is 5.91 Å². The average molecular weight is 315 g/mol. The number of aromatic nitrogens is 2. The average Bonchev–Trinajstić information content (AvgIpc) is 2.95. The standard InChI is InChI=1S/C18H25N3O2/c1-18(2,3)14-11-9-13(10-12-14)17-19-15(23-20-17)7-6-8-16(22)21(4)5/h9-12H,6-8H2,1-5H3. The Morgan fingerprint density at radius 3 is 2.39 bits per heavy atom. The molecule has 0 aliphatic rings. The summed E-state index contributed by atoms with van der Waals surface area (Å²) >= 11 is 0. The lowest BCUT2D eigenvalue weighted by molar-refractivity contribution is -0.128. The van der Waals surface area contributed by atoms with E-state index in [1.165, 1.54) is 5.56 Å². The van der Waals surface area contributed by atoms with Gasteiger partial charge in [0.1, 0.15) is 0 Å². The van der Waals surface area contributed by atoms with Gasteiger partial charge in [-0.15, -0.1) is 0 Å². The molecule has 0 fully saturated rings. The molecule has 0 N–H and O–H groups in total. The number of carbonyl (C=O) groups is 1. The van der Waals surface area contributed by atoms with E-state index >= 15 is 0 Å². The summed E-state index contributed by atoms with van der Waals surface area (Å²) in [6.07, 6.45) is 1.82. The predicted molar refractivity (Wildman–Crippen MR) is 90.1 cm³/mol. The van der Waals surface area contributed by atoms with Gasteiger partial charge in [0, 0.05) is 32.5 Å². The summed E-state index contributed by atoms with van der Waals surface area (Å²) < 4.78 is 5.27. The van der Waals surface area contributed by atoms with Gasteiger partial charge in [-0.3, -0.25) is 4.79 Å². The van der Waals surface area contributed by atoms with Crippen LogP contribution in [0.4, 0.5) is 0 Å². The van der Waals surface area contributed by atoms with E-state index in [0.29, 0.717) is 31.0 Å². The molecule has 0 aliphatic heterocycles. The van der Waals surface area contributed by atoms with Crippen LogP contribution >= 0.6 is 0 Å². The maximum Gasteiger partial charge on any atom is 0.226 e. The minimum atomic E-state index is 0.113. The van der Waals surface area contributed by atoms with Crippen LogP contribution in [0, 0.1) is 0 Å². The monoisotopic (exact) mass is 315 g/mol. The molecule has 0 radical (unpaired) electrons. The van der Waals surface area contributed by atoms with Gasteiger partial charge in [-0.25, -0.2) is 0 Å². The van der Waals surface area contributed by atoms with Crippen molar-refractivity contribution in [2.24, 2.45) is 0 Å². The van der Waals surface area contributed by atoms with Gasteiger partial charge in [-0.1, -0.05) is 50.2 Å². The lowest BCUT2D eigenvalue weighted by Gasteiger charge is -2.18. The SMILES string of the molecule is CN(C)C(=O)CCCc1nc(-c2ccc(C(C)(C)C)cc2)no1. The molecule has 0 saturated carbocycles. The summed E-state index contributed by atoms with van der Waals surface area (Å²) in [6, 6.07) is 8.23. The highest BCUT2D eigenvalue weighted by Gasteiger charge is 2.15. The fourth-order valence-electron chi connectivity index (χ4n) is 2.21. The van der Waals surface area contributed by atoms with Crippen molar-refractivity contribution in [1.29, 1.82) is 0 Å². The minimum Gasteiger partial charge on any atom is -0.349 e. The second-order valence-electron chi connectivity index (χ2n) is 6.98. The number of hydrogen-bond acceptors (Lipinski definition) is 4. The Bertz CT molecular complexity index is 652. The van der Waals surface area contributed by atoms with Crippen LogP contribution in [0.25, 0.3) is 11.4 Å². The van der Waals surface area contributed by atoms with Crippen LogP contribution in [0.1, 0.15) is 45.1 Å². The van der Waals surface area contributed by atoms with Crippen LogP contribution in [-0.4, -0.2) is 35.0 Å². The fourth-order valence-corrected chi connectivity index (χ4v) is 2.21. The molecule has 0 atom stereocenters. The zero-order valence-corrected chi connectivity index (χ0v) is 14.6. The van der Waals surface area contributed by atoms with Gasteiger partial charge in [-0.2, -0.15) is 4.98 Å². The molecule has 1 aromatic heterocycles. The van der Waals surface area contributed by atoms with Crippen molar-refractivity contribution in [1.82, 2.24) is 15.0 Å². The fraction of sp³-hybridized carbons (Fsp3) is 0.500. The van der Waals surface area contributed by atoms with E-state index in [0.717, 1.165) is 5.56 Å². The molecule has 1 aromatic carbocycles. The molecule has 2 rings (SSSR count). The normalized spacial score (nSPS) is 11.5. The van der Waals surface area contributed by atoms with Crippen molar-refractivity contribution in [3.05, 3.63) is 35.7 Å². The predicted octanol–water partition coefficient (Wildman–Crippen LogP) is 3.45. The Kier molecular flexibility index (Phi) is 5.19. The van der Waals surface area contributed by atoms with E-state index in [1.54, 1.807) is 19.0 Å². The van der Waals surface area contributed by atoms with Crippen LogP contribution in [-0.2, 0) is 16.6 Å². The number of nitrogens with zero attached hydrogens (tertiary/aromatic N) is 3. The molecule has 0 saturated heterocycles. The maximum atomic E-state index is 11.5. The van der Waals surface area contributed by atoms with Gasteiger partial charge in [0.15, 0.2) is 0 Å². The van der Waals surface area contributed by atoms with Crippen LogP contribution in [0.15, 0.2) is 28.8 Å². The van der Waals surface area contributed by atoms with E-state index in [2.05, 4.69) is 43.0 Å². The second kappa shape index (κ2) is 6.94. The first-order chi connectivity index (χ1) is 10.8. The van der Waals surface area contributed by atoms with E-state index in [9.17, 15) is 4.79 Å². The Morgan fingerprint density at radius 2 is 1.83 bits per heavy atom. The molecule has 124 valence electrons. The Morgan fingerprint density at radius 1 is 1.17 bits per heavy atom. The quantitative estimate of drug-likeness (QED) is 0.848. The van der Waals surface area contributed by atoms with Crippen molar-refractivity contribution in [3.63, 3.8) is 0 Å². The topological polar surface area (TPSA) is 59.2 Å². The van der Waals surface area contributed by atoms with E-state index in [-0.39, 0.29) is 11.3 Å². The summed E-state index contributed by atoms with van der Waals surface area (Å²) in [6.45, 7) is 6.55. The van der Waals surface area contributed by atoms with E-state index < -0.39 is 0 Å². The van der Waals surface area contributed by atoms with Gasteiger partial charge in [0.2, 0.25) is 17.6 Å². The summed E-state index contributed by atoms with van der Waals surface area (Å²) in [5.74, 6) is 1.29. The lowest BCUT2D eigenvalue weighted by atomic mass is 9.87. The lowest BCUT2D eigenvalue weighted by Crippen LogP contribution is -2.21. The Hall–Kier alpha value is -2.17. The largest absolute Gasteiger partial charge is 0.349 e. The molecular weight excluding hydrogens is 290 g/mol. The minimum absolute atomic E-state index is 0.113. The van der Waals surface area contributed by atoms with Crippen molar-refractivity contribution in [2.75, 3.05) is 14.1 Å². The molecule has 0 spiro atoms. The zero-order chi connectivity index (χ0) is 17.0. The third kappa shape index (κ3) is 4.65. The first-order valence-electron chi connectivity index (χ1n) is 7.91. The van der Waals surface area contributed by atoms with Crippen LogP contribution < -0.4 is 0 Å². The molecule has 23 heavy (non-hydrogen) atoms. The number of amides is 1. The third-order valence-electron chi connectivity index (χ3n) is 3.76. The first-order valence-corrected chi connectivity index (χ1v) is 7.91. The van der Waals surface area contributed by atoms with Crippen LogP contribution in [0.3, 0.4) is 0 Å². The molecule has 1 heterocycles. The Labute approximate surface area is 137 Å². The molecule has 0 unspecified atom stereocenters. The number of hydrogen-bond donors (Lipinski definition) is 0. The molecule has 5 nitrogen and oxygen atoms in total. The molecule has 2 aromatic rings. The molecule has 0 aliphatic carbocycles. The Balaban J connectivity index is 1.98. The number of aryl methyl sites for hydroxylation is 1. The summed E-state index contributed by atoms with van der Waals surface area (Å²) in [4.78, 5) is 17.5. The zero-order valence-electron chi connectivity index (χ0n) is 14.6. The molecule has 0 bridgehead atoms. The highest BCUT2D eigenvalue weighted by Crippen LogP contribution is 2.25. The van der Waals surface area contributed by atoms with Gasteiger partial charge in [-0.05, 0) is 17.4 Å². The second-order valence-corrected chi connectivity index (χ2v) is 6.98. The van der Waals surface area contributed by atoms with Gasteiger partial charge < -0.3 is 9.42 Å². The van der Waals surface area contributed by atoms with Crippen molar-refractivity contribution in [3.8, 4) is 11.4 Å². The highest BCUT2D eigenvalue weighted by molar-refractivity contribution is 5.75. The number of benzene rings is 1. The highest BCUT2D eigenvalue weighted by atomic mass is 16.5.